The zero-order valence-electron chi connectivity index (χ0n) is 18.6. The summed E-state index contributed by atoms with van der Waals surface area (Å²) in [6.07, 6.45) is 0. The number of nitrogens with one attached hydrogen (secondary N) is 2. The number of anilines is 2. The van der Waals surface area contributed by atoms with Gasteiger partial charge in [-0.1, -0.05) is 60.2 Å². The maximum absolute atomic E-state index is 13.4. The van der Waals surface area contributed by atoms with E-state index in [1.807, 2.05) is 55.5 Å². The summed E-state index contributed by atoms with van der Waals surface area (Å²) in [6.45, 7) is 1.52. The summed E-state index contributed by atoms with van der Waals surface area (Å²) in [5.74, 6) is -0.813. The van der Waals surface area contributed by atoms with Crippen molar-refractivity contribution in [2.75, 3.05) is 11.9 Å². The number of rotatable bonds is 8. The van der Waals surface area contributed by atoms with E-state index in [0.29, 0.717) is 0 Å². The number of sulfonamides is 1. The first-order chi connectivity index (χ1) is 16.3. The minimum atomic E-state index is -4.01. The molecule has 0 aromatic heterocycles. The van der Waals surface area contributed by atoms with Gasteiger partial charge in [0.15, 0.2) is 0 Å². The van der Waals surface area contributed by atoms with Crippen molar-refractivity contribution in [3.8, 4) is 0 Å². The summed E-state index contributed by atoms with van der Waals surface area (Å²) in [7, 11) is -4.01. The van der Waals surface area contributed by atoms with Gasteiger partial charge in [-0.05, 0) is 59.7 Å². The quantitative estimate of drug-likeness (QED) is 0.256. The Morgan fingerprint density at radius 2 is 1.50 bits per heavy atom. The van der Waals surface area contributed by atoms with E-state index in [2.05, 4.69) is 5.32 Å². The summed E-state index contributed by atoms with van der Waals surface area (Å²) in [5, 5.41) is 13.9. The van der Waals surface area contributed by atoms with Crippen LogP contribution in [0.25, 0.3) is 10.8 Å². The highest BCUT2D eigenvalue weighted by Gasteiger charge is 2.27. The Bertz CT molecular complexity index is 1410. The number of benzene rings is 4. The zero-order chi connectivity index (χ0) is 24.1. The van der Waals surface area contributed by atoms with Gasteiger partial charge in [0.1, 0.15) is 0 Å². The molecule has 0 aliphatic carbocycles. The Hall–Kier alpha value is -3.72. The van der Waals surface area contributed by atoms with Crippen molar-refractivity contribution in [1.29, 1.82) is 0 Å². The largest absolute Gasteiger partial charge is 0.356 e. The van der Waals surface area contributed by atoms with Crippen LogP contribution >= 0.6 is 0 Å². The van der Waals surface area contributed by atoms with Crippen molar-refractivity contribution in [1.82, 2.24) is 9.79 Å². The zero-order valence-corrected chi connectivity index (χ0v) is 19.4. The maximum atomic E-state index is 13.4. The molecule has 8 heteroatoms. The number of hydrogen-bond donors (Lipinski definition) is 3. The number of amides is 1. The third kappa shape index (κ3) is 5.43. The van der Waals surface area contributed by atoms with E-state index in [1.165, 1.54) is 17.1 Å². The van der Waals surface area contributed by atoms with Gasteiger partial charge in [-0.3, -0.25) is 10.0 Å². The number of fused-ring (bicyclic) bond motifs is 1. The van der Waals surface area contributed by atoms with E-state index in [1.54, 1.807) is 36.4 Å². The first-order valence-electron chi connectivity index (χ1n) is 10.7. The highest BCUT2D eigenvalue weighted by atomic mass is 32.2. The van der Waals surface area contributed by atoms with Crippen LogP contribution in [0, 0.1) is 6.92 Å². The van der Waals surface area contributed by atoms with E-state index in [9.17, 15) is 13.2 Å². The number of aryl methyl sites for hydroxylation is 1. The minimum absolute atomic E-state index is 0.00591. The lowest BCUT2D eigenvalue weighted by Crippen LogP contribution is -2.39. The molecule has 174 valence electrons. The second kappa shape index (κ2) is 10.0. The molecule has 4 rings (SSSR count). The molecule has 4 aromatic rings. The van der Waals surface area contributed by atoms with Crippen LogP contribution in [0.2, 0.25) is 0 Å². The first-order valence-corrected chi connectivity index (χ1v) is 12.1. The van der Waals surface area contributed by atoms with Crippen LogP contribution in [0.3, 0.4) is 0 Å². The summed E-state index contributed by atoms with van der Waals surface area (Å²) >= 11 is 0. The highest BCUT2D eigenvalue weighted by molar-refractivity contribution is 7.89. The molecule has 4 aromatic carbocycles. The fourth-order valence-corrected chi connectivity index (χ4v) is 5.04. The fourth-order valence-electron chi connectivity index (χ4n) is 3.62. The van der Waals surface area contributed by atoms with E-state index in [-0.39, 0.29) is 11.4 Å². The Morgan fingerprint density at radius 3 is 2.21 bits per heavy atom. The molecule has 0 saturated heterocycles. The molecule has 0 bridgehead atoms. The topological polar surface area (TPSA) is 98.7 Å². The molecule has 0 aliphatic rings. The highest BCUT2D eigenvalue weighted by Crippen LogP contribution is 2.27. The van der Waals surface area contributed by atoms with Gasteiger partial charge in [-0.15, -0.1) is 0 Å². The SMILES string of the molecule is Cc1ccc(Nc2ccc3cc(S(=O)(=O)N(CC(=O)NO)Cc4ccccc4)ccc3c2)cc1. The summed E-state index contributed by atoms with van der Waals surface area (Å²) in [6, 6.07) is 27.6. The number of hydroxylamine groups is 1. The van der Waals surface area contributed by atoms with E-state index >= 15 is 0 Å². The molecule has 0 spiro atoms. The molecular weight excluding hydrogens is 450 g/mol. The van der Waals surface area contributed by atoms with Gasteiger partial charge >= 0.3 is 0 Å². The van der Waals surface area contributed by atoms with Gasteiger partial charge in [0.25, 0.3) is 5.91 Å². The van der Waals surface area contributed by atoms with Crippen LogP contribution in [-0.2, 0) is 21.4 Å². The van der Waals surface area contributed by atoms with Gasteiger partial charge < -0.3 is 5.32 Å². The van der Waals surface area contributed by atoms with Crippen molar-refractivity contribution >= 4 is 38.1 Å². The molecule has 0 fully saturated rings. The average molecular weight is 476 g/mol. The molecular formula is C26H25N3O4S. The predicted octanol–water partition coefficient (Wildman–Crippen LogP) is 4.59. The van der Waals surface area contributed by atoms with Gasteiger partial charge in [0.2, 0.25) is 10.0 Å². The molecule has 0 saturated carbocycles. The van der Waals surface area contributed by atoms with Crippen molar-refractivity contribution in [3.05, 3.63) is 102 Å². The monoisotopic (exact) mass is 475 g/mol. The molecule has 7 nitrogen and oxygen atoms in total. The first kappa shape index (κ1) is 23.4. The van der Waals surface area contributed by atoms with Crippen LogP contribution < -0.4 is 10.8 Å². The van der Waals surface area contributed by atoms with Crippen LogP contribution in [0.5, 0.6) is 0 Å². The maximum Gasteiger partial charge on any atom is 0.258 e. The van der Waals surface area contributed by atoms with Crippen molar-refractivity contribution in [2.45, 2.75) is 18.4 Å². The Kier molecular flexibility index (Phi) is 6.93. The fraction of sp³-hybridized carbons (Fsp3) is 0.115. The van der Waals surface area contributed by atoms with E-state index in [4.69, 9.17) is 5.21 Å². The number of nitrogens with zero attached hydrogens (tertiary/aromatic N) is 1. The van der Waals surface area contributed by atoms with E-state index in [0.717, 1.165) is 32.0 Å². The van der Waals surface area contributed by atoms with Crippen molar-refractivity contribution < 1.29 is 18.4 Å². The Labute approximate surface area is 198 Å². The molecule has 0 radical (unpaired) electrons. The third-order valence-corrected chi connectivity index (χ3v) is 7.22. The molecule has 0 heterocycles. The van der Waals surface area contributed by atoms with E-state index < -0.39 is 22.5 Å². The van der Waals surface area contributed by atoms with Crippen molar-refractivity contribution in [3.63, 3.8) is 0 Å². The number of carbonyl (C=O) groups excluding carboxylic acids is 1. The predicted molar refractivity (Wildman–Crippen MR) is 132 cm³/mol. The second-order valence-corrected chi connectivity index (χ2v) is 9.95. The lowest BCUT2D eigenvalue weighted by atomic mass is 10.1. The Morgan fingerprint density at radius 1 is 0.853 bits per heavy atom. The third-order valence-electron chi connectivity index (χ3n) is 5.44. The lowest BCUT2D eigenvalue weighted by Gasteiger charge is -2.21. The normalized spacial score (nSPS) is 11.5. The number of hydrogen-bond acceptors (Lipinski definition) is 5. The summed E-state index contributed by atoms with van der Waals surface area (Å²) < 4.78 is 27.9. The standard InChI is InChI=1S/C26H25N3O4S/c1-19-7-11-23(12-8-19)27-24-13-9-22-16-25(14-10-21(22)15-24)34(32,33)29(18-26(30)28-31)17-20-5-3-2-4-6-20/h2-16,27,31H,17-18H2,1H3,(H,28,30). The van der Waals surface area contributed by atoms with Gasteiger partial charge in [-0.2, -0.15) is 4.31 Å². The molecule has 34 heavy (non-hydrogen) atoms. The molecule has 1 amide bonds. The smallest absolute Gasteiger partial charge is 0.258 e. The number of carbonyl (C=O) groups is 1. The average Bonchev–Trinajstić information content (AvgIpc) is 2.85. The van der Waals surface area contributed by atoms with Crippen molar-refractivity contribution in [2.24, 2.45) is 0 Å². The lowest BCUT2D eigenvalue weighted by molar-refractivity contribution is -0.129. The minimum Gasteiger partial charge on any atom is -0.356 e. The molecule has 3 N–H and O–H groups in total. The summed E-state index contributed by atoms with van der Waals surface area (Å²) in [4.78, 5) is 11.9. The van der Waals surface area contributed by atoms with Crippen LogP contribution in [-0.4, -0.2) is 30.4 Å². The second-order valence-electron chi connectivity index (χ2n) is 8.01. The molecule has 0 aliphatic heterocycles. The Balaban J connectivity index is 1.62. The van der Waals surface area contributed by atoms with Gasteiger partial charge in [0.05, 0.1) is 11.4 Å². The van der Waals surface area contributed by atoms with Gasteiger partial charge in [0, 0.05) is 17.9 Å². The molecule has 0 atom stereocenters. The van der Waals surface area contributed by atoms with Crippen LogP contribution in [0.1, 0.15) is 11.1 Å². The van der Waals surface area contributed by atoms with Crippen LogP contribution in [0.15, 0.2) is 95.9 Å². The molecule has 0 unspecified atom stereocenters. The van der Waals surface area contributed by atoms with Crippen LogP contribution in [0.4, 0.5) is 11.4 Å². The van der Waals surface area contributed by atoms with Gasteiger partial charge in [-0.25, -0.2) is 13.9 Å². The summed E-state index contributed by atoms with van der Waals surface area (Å²) in [5.41, 5.74) is 5.26.